The molecule has 0 spiro atoms. The molecule has 0 bridgehead atoms. The van der Waals surface area contributed by atoms with Crippen molar-refractivity contribution in [3.8, 4) is 0 Å². The van der Waals surface area contributed by atoms with E-state index in [-0.39, 0.29) is 0 Å². The zero-order valence-corrected chi connectivity index (χ0v) is 13.5. The number of halogens is 1. The van der Waals surface area contributed by atoms with E-state index in [0.717, 1.165) is 17.3 Å². The van der Waals surface area contributed by atoms with Crippen molar-refractivity contribution in [1.82, 2.24) is 0 Å². The molecule has 1 saturated carbocycles. The lowest BCUT2D eigenvalue weighted by Crippen LogP contribution is -2.47. The molecule has 2 fully saturated rings. The van der Waals surface area contributed by atoms with Crippen LogP contribution < -0.4 is 4.90 Å². The molecule has 0 aromatic heterocycles. The van der Waals surface area contributed by atoms with Crippen molar-refractivity contribution >= 4 is 21.6 Å². The molecular formula is C17H24BrN. The number of fused-ring (bicyclic) bond motifs is 1. The lowest BCUT2D eigenvalue weighted by atomic mass is 9.78. The molecule has 1 saturated heterocycles. The van der Waals surface area contributed by atoms with Crippen LogP contribution in [0.25, 0.3) is 0 Å². The lowest BCUT2D eigenvalue weighted by Gasteiger charge is -2.46. The first-order valence-electron chi connectivity index (χ1n) is 7.71. The van der Waals surface area contributed by atoms with Gasteiger partial charge >= 0.3 is 0 Å². The third kappa shape index (κ3) is 2.69. The van der Waals surface area contributed by atoms with Crippen molar-refractivity contribution < 1.29 is 0 Å². The Hall–Kier alpha value is -0.500. The Labute approximate surface area is 125 Å². The fourth-order valence-corrected chi connectivity index (χ4v) is 4.40. The second-order valence-electron chi connectivity index (χ2n) is 6.20. The van der Waals surface area contributed by atoms with Gasteiger partial charge in [0.15, 0.2) is 0 Å². The average Bonchev–Trinajstić information content (AvgIpc) is 2.46. The fourth-order valence-electron chi connectivity index (χ4n) is 4.05. The van der Waals surface area contributed by atoms with Gasteiger partial charge < -0.3 is 4.90 Å². The van der Waals surface area contributed by atoms with E-state index in [1.165, 1.54) is 61.9 Å². The van der Waals surface area contributed by atoms with E-state index >= 15 is 0 Å². The highest BCUT2D eigenvalue weighted by molar-refractivity contribution is 9.08. The van der Waals surface area contributed by atoms with Crippen molar-refractivity contribution in [2.75, 3.05) is 11.4 Å². The summed E-state index contributed by atoms with van der Waals surface area (Å²) in [6.07, 6.45) is 8.58. The Kier molecular flexibility index (Phi) is 4.16. The van der Waals surface area contributed by atoms with Gasteiger partial charge in [0, 0.05) is 23.6 Å². The first-order chi connectivity index (χ1) is 9.29. The van der Waals surface area contributed by atoms with Crippen LogP contribution in [-0.2, 0) is 5.33 Å². The largest absolute Gasteiger partial charge is 0.368 e. The van der Waals surface area contributed by atoms with E-state index in [4.69, 9.17) is 0 Å². The van der Waals surface area contributed by atoms with Crippen LogP contribution in [-0.4, -0.2) is 12.6 Å². The SMILES string of the molecule is Cc1cc(CBr)ccc1N1CCCC2CCCCC21. The first kappa shape index (κ1) is 13.5. The van der Waals surface area contributed by atoms with E-state index < -0.39 is 0 Å². The van der Waals surface area contributed by atoms with Crippen LogP contribution in [0.15, 0.2) is 18.2 Å². The second kappa shape index (κ2) is 5.87. The molecule has 1 aliphatic heterocycles. The van der Waals surface area contributed by atoms with Crippen LogP contribution in [0.5, 0.6) is 0 Å². The summed E-state index contributed by atoms with van der Waals surface area (Å²) < 4.78 is 0. The van der Waals surface area contributed by atoms with Gasteiger partial charge in [-0.15, -0.1) is 0 Å². The predicted molar refractivity (Wildman–Crippen MR) is 86.1 cm³/mol. The quantitative estimate of drug-likeness (QED) is 0.689. The number of alkyl halides is 1. The van der Waals surface area contributed by atoms with Crippen molar-refractivity contribution in [1.29, 1.82) is 0 Å². The average molecular weight is 322 g/mol. The molecule has 2 unspecified atom stereocenters. The highest BCUT2D eigenvalue weighted by atomic mass is 79.9. The molecule has 2 aliphatic rings. The van der Waals surface area contributed by atoms with Gasteiger partial charge in [0.2, 0.25) is 0 Å². The highest BCUT2D eigenvalue weighted by Crippen LogP contribution is 2.38. The number of hydrogen-bond donors (Lipinski definition) is 0. The summed E-state index contributed by atoms with van der Waals surface area (Å²) in [5.41, 5.74) is 4.32. The van der Waals surface area contributed by atoms with Crippen molar-refractivity contribution in [3.05, 3.63) is 29.3 Å². The molecule has 1 heterocycles. The van der Waals surface area contributed by atoms with E-state index in [1.807, 2.05) is 0 Å². The summed E-state index contributed by atoms with van der Waals surface area (Å²) >= 11 is 3.55. The van der Waals surface area contributed by atoms with Crippen LogP contribution in [0, 0.1) is 12.8 Å². The molecule has 19 heavy (non-hydrogen) atoms. The van der Waals surface area contributed by atoms with Gasteiger partial charge in [-0.2, -0.15) is 0 Å². The zero-order chi connectivity index (χ0) is 13.2. The Morgan fingerprint density at radius 2 is 1.95 bits per heavy atom. The Morgan fingerprint density at radius 3 is 2.74 bits per heavy atom. The number of piperidine rings is 1. The van der Waals surface area contributed by atoms with Crippen LogP contribution in [0.4, 0.5) is 5.69 Å². The summed E-state index contributed by atoms with van der Waals surface area (Å²) in [5.74, 6) is 0.956. The Bertz CT molecular complexity index is 441. The number of benzene rings is 1. The maximum Gasteiger partial charge on any atom is 0.0398 e. The molecule has 0 amide bonds. The van der Waals surface area contributed by atoms with Gasteiger partial charge in [-0.05, 0) is 55.7 Å². The standard InChI is InChI=1S/C17H24BrN/c1-13-11-14(12-18)8-9-16(13)19-10-4-6-15-5-2-3-7-17(15)19/h8-9,11,15,17H,2-7,10,12H2,1H3. The number of nitrogens with zero attached hydrogens (tertiary/aromatic N) is 1. The molecule has 104 valence electrons. The third-order valence-electron chi connectivity index (χ3n) is 4.97. The number of aryl methyl sites for hydroxylation is 1. The monoisotopic (exact) mass is 321 g/mol. The number of hydrogen-bond acceptors (Lipinski definition) is 1. The number of anilines is 1. The smallest absolute Gasteiger partial charge is 0.0398 e. The third-order valence-corrected chi connectivity index (χ3v) is 5.62. The summed E-state index contributed by atoms with van der Waals surface area (Å²) in [7, 11) is 0. The van der Waals surface area contributed by atoms with Crippen molar-refractivity contribution in [2.45, 2.75) is 56.8 Å². The van der Waals surface area contributed by atoms with Gasteiger partial charge in [0.05, 0.1) is 0 Å². The van der Waals surface area contributed by atoms with Gasteiger partial charge in [-0.25, -0.2) is 0 Å². The number of rotatable bonds is 2. The van der Waals surface area contributed by atoms with Crippen LogP contribution >= 0.6 is 15.9 Å². The van der Waals surface area contributed by atoms with Crippen molar-refractivity contribution in [2.24, 2.45) is 5.92 Å². The fraction of sp³-hybridized carbons (Fsp3) is 0.647. The van der Waals surface area contributed by atoms with E-state index in [2.05, 4.69) is 46.0 Å². The van der Waals surface area contributed by atoms with Crippen LogP contribution in [0.2, 0.25) is 0 Å². The normalized spacial score (nSPS) is 27.2. The Morgan fingerprint density at radius 1 is 1.16 bits per heavy atom. The van der Waals surface area contributed by atoms with Gasteiger partial charge in [0.25, 0.3) is 0 Å². The summed E-state index contributed by atoms with van der Waals surface area (Å²) in [5, 5.41) is 0.959. The first-order valence-corrected chi connectivity index (χ1v) is 8.84. The van der Waals surface area contributed by atoms with Crippen LogP contribution in [0.1, 0.15) is 49.7 Å². The molecular weight excluding hydrogens is 298 g/mol. The molecule has 3 rings (SSSR count). The molecule has 2 atom stereocenters. The topological polar surface area (TPSA) is 3.24 Å². The molecule has 2 heteroatoms. The van der Waals surface area contributed by atoms with Gasteiger partial charge in [0.1, 0.15) is 0 Å². The zero-order valence-electron chi connectivity index (χ0n) is 11.9. The molecule has 1 aromatic rings. The minimum atomic E-state index is 0.816. The Balaban J connectivity index is 1.87. The maximum absolute atomic E-state index is 3.55. The summed E-state index contributed by atoms with van der Waals surface area (Å²) in [6, 6.07) is 7.79. The molecule has 1 aromatic carbocycles. The summed E-state index contributed by atoms with van der Waals surface area (Å²) in [4.78, 5) is 2.72. The second-order valence-corrected chi connectivity index (χ2v) is 6.76. The van der Waals surface area contributed by atoms with Gasteiger partial charge in [-0.3, -0.25) is 0 Å². The molecule has 1 aliphatic carbocycles. The van der Waals surface area contributed by atoms with Crippen LogP contribution in [0.3, 0.4) is 0 Å². The molecule has 0 radical (unpaired) electrons. The predicted octanol–water partition coefficient (Wildman–Crippen LogP) is 5.05. The van der Waals surface area contributed by atoms with Crippen molar-refractivity contribution in [3.63, 3.8) is 0 Å². The minimum Gasteiger partial charge on any atom is -0.368 e. The lowest BCUT2D eigenvalue weighted by molar-refractivity contribution is 0.243. The van der Waals surface area contributed by atoms with E-state index in [1.54, 1.807) is 0 Å². The minimum absolute atomic E-state index is 0.816. The highest BCUT2D eigenvalue weighted by Gasteiger charge is 2.33. The van der Waals surface area contributed by atoms with E-state index in [0.29, 0.717) is 0 Å². The van der Waals surface area contributed by atoms with E-state index in [9.17, 15) is 0 Å². The summed E-state index contributed by atoms with van der Waals surface area (Å²) in [6.45, 7) is 3.53. The maximum atomic E-state index is 3.55. The molecule has 0 N–H and O–H groups in total. The van der Waals surface area contributed by atoms with Gasteiger partial charge in [-0.1, -0.05) is 40.9 Å². The molecule has 1 nitrogen and oxygen atoms in total.